The maximum absolute atomic E-state index is 12.8. The smallest absolute Gasteiger partial charge is 0.316 e. The average Bonchev–Trinajstić information content (AvgIpc) is 3.06. The molecule has 136 valence electrons. The molecule has 0 unspecified atom stereocenters. The number of carbonyl (C=O) groups excluding carboxylic acids is 2. The van der Waals surface area contributed by atoms with Crippen molar-refractivity contribution in [2.45, 2.75) is 78.8 Å². The minimum absolute atomic E-state index is 0.0495. The van der Waals surface area contributed by atoms with Gasteiger partial charge >= 0.3 is 11.9 Å². The summed E-state index contributed by atoms with van der Waals surface area (Å²) in [5.74, 6) is -1.94. The predicted molar refractivity (Wildman–Crippen MR) is 87.9 cm³/mol. The molecular weight excluding hydrogens is 308 g/mol. The van der Waals surface area contributed by atoms with Gasteiger partial charge in [-0.05, 0) is 39.0 Å². The molecule has 0 aromatic heterocycles. The Hall–Kier alpha value is -1.10. The summed E-state index contributed by atoms with van der Waals surface area (Å²) in [6, 6.07) is 0. The quantitative estimate of drug-likeness (QED) is 0.739. The van der Waals surface area contributed by atoms with Gasteiger partial charge in [0, 0.05) is 12.3 Å². The van der Waals surface area contributed by atoms with Crippen LogP contribution in [0.2, 0.25) is 0 Å². The zero-order chi connectivity index (χ0) is 18.1. The highest BCUT2D eigenvalue weighted by Crippen LogP contribution is 2.63. The van der Waals surface area contributed by atoms with Gasteiger partial charge in [0.2, 0.25) is 5.79 Å². The summed E-state index contributed by atoms with van der Waals surface area (Å²) >= 11 is 0. The van der Waals surface area contributed by atoms with Gasteiger partial charge in [0.25, 0.3) is 0 Å². The number of esters is 2. The molecule has 4 atom stereocenters. The lowest BCUT2D eigenvalue weighted by molar-refractivity contribution is -0.230. The molecule has 0 N–H and O–H groups in total. The molecule has 24 heavy (non-hydrogen) atoms. The topological polar surface area (TPSA) is 61.8 Å². The van der Waals surface area contributed by atoms with E-state index in [9.17, 15) is 9.59 Å². The summed E-state index contributed by atoms with van der Waals surface area (Å²) < 4.78 is 18.0. The maximum atomic E-state index is 12.8. The molecule has 0 aromatic carbocycles. The van der Waals surface area contributed by atoms with Crippen molar-refractivity contribution >= 4 is 11.9 Å². The fourth-order valence-corrected chi connectivity index (χ4v) is 4.99. The lowest BCUT2D eigenvalue weighted by Crippen LogP contribution is -2.51. The van der Waals surface area contributed by atoms with E-state index >= 15 is 0 Å². The number of fused-ring (bicyclic) bond motifs is 5. The van der Waals surface area contributed by atoms with Crippen molar-refractivity contribution in [3.05, 3.63) is 0 Å². The number of carbonyl (C=O) groups is 2. The minimum atomic E-state index is -1.14. The van der Waals surface area contributed by atoms with Crippen LogP contribution in [0.4, 0.5) is 0 Å². The van der Waals surface area contributed by atoms with E-state index < -0.39 is 22.7 Å². The Morgan fingerprint density at radius 3 is 2.29 bits per heavy atom. The van der Waals surface area contributed by atoms with Gasteiger partial charge in [0.15, 0.2) is 0 Å². The number of rotatable bonds is 3. The summed E-state index contributed by atoms with van der Waals surface area (Å²) in [5.41, 5.74) is -1.19. The zero-order valence-electron chi connectivity index (χ0n) is 15.8. The highest BCUT2D eigenvalue weighted by Gasteiger charge is 2.76. The minimum Gasteiger partial charge on any atom is -0.458 e. The molecule has 2 bridgehead atoms. The summed E-state index contributed by atoms with van der Waals surface area (Å²) in [5, 5.41) is 0. The first kappa shape index (κ1) is 17.7. The third kappa shape index (κ3) is 2.16. The highest BCUT2D eigenvalue weighted by atomic mass is 16.7. The van der Waals surface area contributed by atoms with E-state index in [1.165, 1.54) is 0 Å². The number of cyclic esters (lactones) is 1. The molecule has 0 aliphatic carbocycles. The summed E-state index contributed by atoms with van der Waals surface area (Å²) in [7, 11) is 0. The van der Waals surface area contributed by atoms with Crippen LogP contribution < -0.4 is 0 Å². The molecule has 3 aliphatic heterocycles. The van der Waals surface area contributed by atoms with Gasteiger partial charge < -0.3 is 14.2 Å². The molecule has 3 saturated heterocycles. The Morgan fingerprint density at radius 1 is 1.21 bits per heavy atom. The third-order valence-corrected chi connectivity index (χ3v) is 6.10. The van der Waals surface area contributed by atoms with Crippen LogP contribution in [-0.2, 0) is 23.8 Å². The molecule has 0 spiro atoms. The van der Waals surface area contributed by atoms with Crippen LogP contribution in [0.15, 0.2) is 0 Å². The monoisotopic (exact) mass is 338 g/mol. The van der Waals surface area contributed by atoms with Crippen molar-refractivity contribution in [1.29, 1.82) is 0 Å². The Balaban J connectivity index is 1.99. The standard InChI is InChI=1S/C19H30O5/c1-10(2)19(11(3)4)13-12-8-9-18(22-12,14(13)15(20)23-19)24-16(21)17(5,6)7/h10-14H,8-9H2,1-7H3/t12-,13-,14+,18-/m1/s1. The van der Waals surface area contributed by atoms with Crippen molar-refractivity contribution in [2.75, 3.05) is 0 Å². The summed E-state index contributed by atoms with van der Waals surface area (Å²) in [6.45, 7) is 13.8. The van der Waals surface area contributed by atoms with Crippen LogP contribution in [0.5, 0.6) is 0 Å². The molecular formula is C19H30O5. The van der Waals surface area contributed by atoms with Crippen LogP contribution in [0.3, 0.4) is 0 Å². The fraction of sp³-hybridized carbons (Fsp3) is 0.895. The van der Waals surface area contributed by atoms with Crippen LogP contribution in [-0.4, -0.2) is 29.4 Å². The fourth-order valence-electron chi connectivity index (χ4n) is 4.99. The van der Waals surface area contributed by atoms with Crippen molar-refractivity contribution in [3.8, 4) is 0 Å². The van der Waals surface area contributed by atoms with Crippen molar-refractivity contribution in [3.63, 3.8) is 0 Å². The first-order chi connectivity index (χ1) is 11.0. The van der Waals surface area contributed by atoms with Gasteiger partial charge in [0.1, 0.15) is 11.5 Å². The number of hydrogen-bond donors (Lipinski definition) is 0. The first-order valence-electron chi connectivity index (χ1n) is 9.10. The van der Waals surface area contributed by atoms with Gasteiger partial charge in [-0.25, -0.2) is 0 Å². The van der Waals surface area contributed by atoms with Crippen LogP contribution in [0.1, 0.15) is 61.3 Å². The van der Waals surface area contributed by atoms with Gasteiger partial charge in [-0.15, -0.1) is 0 Å². The molecule has 0 amide bonds. The number of ether oxygens (including phenoxy) is 3. The predicted octanol–water partition coefficient (Wildman–Crippen LogP) is 3.30. The molecule has 3 fully saturated rings. The van der Waals surface area contributed by atoms with E-state index in [1.807, 2.05) is 20.8 Å². The molecule has 3 rings (SSSR count). The second-order valence-electron chi connectivity index (χ2n) is 9.23. The van der Waals surface area contributed by atoms with E-state index in [-0.39, 0.29) is 35.8 Å². The second-order valence-corrected chi connectivity index (χ2v) is 9.23. The van der Waals surface area contributed by atoms with Gasteiger partial charge in [-0.3, -0.25) is 9.59 Å². The lowest BCUT2D eigenvalue weighted by Gasteiger charge is -2.42. The zero-order valence-corrected chi connectivity index (χ0v) is 15.8. The molecule has 5 nitrogen and oxygen atoms in total. The van der Waals surface area contributed by atoms with Gasteiger partial charge in [0.05, 0.1) is 11.5 Å². The van der Waals surface area contributed by atoms with Crippen molar-refractivity contribution in [1.82, 2.24) is 0 Å². The number of hydrogen-bond acceptors (Lipinski definition) is 5. The van der Waals surface area contributed by atoms with Gasteiger partial charge in [-0.1, -0.05) is 27.7 Å². The largest absolute Gasteiger partial charge is 0.458 e. The maximum Gasteiger partial charge on any atom is 0.316 e. The van der Waals surface area contributed by atoms with E-state index in [0.717, 1.165) is 6.42 Å². The van der Waals surface area contributed by atoms with Crippen LogP contribution in [0, 0.1) is 29.1 Å². The molecule has 5 heteroatoms. The van der Waals surface area contributed by atoms with Crippen molar-refractivity contribution < 1.29 is 23.8 Å². The molecule has 3 aliphatic rings. The highest BCUT2D eigenvalue weighted by molar-refractivity contribution is 5.81. The van der Waals surface area contributed by atoms with E-state index in [1.54, 1.807) is 0 Å². The molecule has 0 radical (unpaired) electrons. The summed E-state index contributed by atoms with van der Waals surface area (Å²) in [6.07, 6.45) is 1.29. The van der Waals surface area contributed by atoms with E-state index in [0.29, 0.717) is 6.42 Å². The summed E-state index contributed by atoms with van der Waals surface area (Å²) in [4.78, 5) is 25.3. The molecule has 3 heterocycles. The SMILES string of the molecule is CC(C)C1(C(C)C)OC(=O)[C@@H]2[C@H]1[C@H]1CC[C@]2(OC(=O)C(C)(C)C)O1. The first-order valence-corrected chi connectivity index (χ1v) is 9.10. The Morgan fingerprint density at radius 2 is 1.79 bits per heavy atom. The Labute approximate surface area is 144 Å². The van der Waals surface area contributed by atoms with E-state index in [2.05, 4.69) is 27.7 Å². The lowest BCUT2D eigenvalue weighted by atomic mass is 9.63. The average molecular weight is 338 g/mol. The Kier molecular flexibility index (Phi) is 3.84. The van der Waals surface area contributed by atoms with Crippen LogP contribution >= 0.6 is 0 Å². The second kappa shape index (κ2) is 5.20. The molecule has 0 aromatic rings. The third-order valence-electron chi connectivity index (χ3n) is 6.10. The Bertz CT molecular complexity index is 551. The van der Waals surface area contributed by atoms with Gasteiger partial charge in [-0.2, -0.15) is 0 Å². The van der Waals surface area contributed by atoms with E-state index in [4.69, 9.17) is 14.2 Å². The van der Waals surface area contributed by atoms with Crippen molar-refractivity contribution in [2.24, 2.45) is 29.1 Å². The van der Waals surface area contributed by atoms with Crippen LogP contribution in [0.25, 0.3) is 0 Å². The normalized spacial score (nSPS) is 37.0. The molecule has 0 saturated carbocycles.